The monoisotopic (exact) mass is 159 g/mol. The normalized spacial score (nSPS) is 21.7. The van der Waals surface area contributed by atoms with E-state index in [9.17, 15) is 9.59 Å². The highest BCUT2D eigenvalue weighted by Gasteiger charge is 2.23. The van der Waals surface area contributed by atoms with E-state index in [0.717, 1.165) is 0 Å². The minimum absolute atomic E-state index is 0.0520. The van der Waals surface area contributed by atoms with Crippen LogP contribution in [-0.2, 0) is 9.59 Å². The minimum Gasteiger partial charge on any atom is -0.299 e. The third-order valence-corrected chi connectivity index (χ3v) is 2.05. The van der Waals surface area contributed by atoms with Gasteiger partial charge in [-0.15, -0.1) is 0 Å². The maximum atomic E-state index is 10.8. The lowest BCUT2D eigenvalue weighted by atomic mass is 9.94. The number of ketones is 2. The van der Waals surface area contributed by atoms with Crippen LogP contribution < -0.4 is 5.09 Å². The maximum absolute atomic E-state index is 10.8. The van der Waals surface area contributed by atoms with Gasteiger partial charge in [0.15, 0.2) is 0 Å². The Bertz CT molecular complexity index is 153. The average Bonchev–Trinajstić information content (AvgIpc) is 1.85. The molecule has 1 N–H and O–H groups in total. The smallest absolute Gasteiger partial charge is 0.141 e. The van der Waals surface area contributed by atoms with Crippen LogP contribution in [0.1, 0.15) is 19.3 Å². The zero-order chi connectivity index (χ0) is 7.56. The van der Waals surface area contributed by atoms with Crippen molar-refractivity contribution in [2.24, 2.45) is 0 Å². The Kier molecular flexibility index (Phi) is 2.52. The van der Waals surface area contributed by atoms with Gasteiger partial charge in [0.25, 0.3) is 0 Å². The van der Waals surface area contributed by atoms with Gasteiger partial charge < -0.3 is 0 Å². The third-order valence-electron chi connectivity index (χ3n) is 1.58. The van der Waals surface area contributed by atoms with Crippen molar-refractivity contribution in [2.75, 3.05) is 0 Å². The minimum atomic E-state index is 0.0520. The van der Waals surface area contributed by atoms with Crippen LogP contribution in [0.15, 0.2) is 0 Å². The van der Waals surface area contributed by atoms with Gasteiger partial charge in [0, 0.05) is 18.9 Å². The van der Waals surface area contributed by atoms with Crippen LogP contribution in [0.25, 0.3) is 0 Å². The van der Waals surface area contributed by atoms with Crippen molar-refractivity contribution in [1.29, 1.82) is 0 Å². The van der Waals surface area contributed by atoms with E-state index < -0.39 is 0 Å². The van der Waals surface area contributed by atoms with Gasteiger partial charge in [-0.25, -0.2) is 0 Å². The molecule has 1 unspecified atom stereocenters. The number of nitrogens with one attached hydrogen (secondary N) is 1. The molecule has 1 rings (SSSR count). The Morgan fingerprint density at radius 2 is 1.80 bits per heavy atom. The first-order valence-electron chi connectivity index (χ1n) is 3.22. The van der Waals surface area contributed by atoms with Gasteiger partial charge in [0.2, 0.25) is 0 Å². The molecule has 0 aromatic carbocycles. The zero-order valence-electron chi connectivity index (χ0n) is 5.59. The highest BCUT2D eigenvalue weighted by atomic mass is 31.0. The van der Waals surface area contributed by atoms with Gasteiger partial charge in [-0.2, -0.15) is 0 Å². The molecule has 1 atom stereocenters. The first-order chi connectivity index (χ1) is 4.72. The Hall–Kier alpha value is -0.270. The molecule has 0 aromatic heterocycles. The van der Waals surface area contributed by atoms with Crippen LogP contribution in [0.5, 0.6) is 0 Å². The van der Waals surface area contributed by atoms with Crippen molar-refractivity contribution in [1.82, 2.24) is 5.09 Å². The van der Waals surface area contributed by atoms with Crippen LogP contribution in [0, 0.1) is 0 Å². The number of rotatable bonds is 1. The average molecular weight is 159 g/mol. The standard InChI is InChI=1S/C6H10NO2P/c8-5-1-4(7-10)2-6(9)3-5/h4,7H,1-3,10H2. The molecule has 0 bridgehead atoms. The molecule has 0 spiro atoms. The molecule has 4 heteroatoms. The summed E-state index contributed by atoms with van der Waals surface area (Å²) < 4.78 is 0. The molecule has 0 saturated heterocycles. The number of carbonyl (C=O) groups excluding carboxylic acids is 2. The molecular weight excluding hydrogens is 149 g/mol. The molecule has 0 amide bonds. The Morgan fingerprint density at radius 3 is 2.20 bits per heavy atom. The molecule has 0 aliphatic heterocycles. The summed E-state index contributed by atoms with van der Waals surface area (Å²) in [6, 6.07) is 0.0544. The van der Waals surface area contributed by atoms with Crippen molar-refractivity contribution in [3.8, 4) is 0 Å². The van der Waals surface area contributed by atoms with Crippen LogP contribution >= 0.6 is 9.39 Å². The lowest BCUT2D eigenvalue weighted by Gasteiger charge is -2.18. The molecule has 0 radical (unpaired) electrons. The highest BCUT2D eigenvalue weighted by Crippen LogP contribution is 2.12. The second kappa shape index (κ2) is 3.22. The fourth-order valence-corrected chi connectivity index (χ4v) is 1.34. The summed E-state index contributed by atoms with van der Waals surface area (Å²) in [6.45, 7) is 0. The molecular formula is C6H10NO2P. The highest BCUT2D eigenvalue weighted by molar-refractivity contribution is 7.13. The lowest BCUT2D eigenvalue weighted by Crippen LogP contribution is -2.32. The second-order valence-corrected chi connectivity index (χ2v) is 2.86. The molecule has 1 aliphatic rings. The summed E-state index contributed by atoms with van der Waals surface area (Å²) in [7, 11) is 2.32. The summed E-state index contributed by atoms with van der Waals surface area (Å²) in [4.78, 5) is 21.5. The SMILES string of the molecule is O=C1CC(=O)CC(NP)C1. The summed E-state index contributed by atoms with van der Waals surface area (Å²) in [6.07, 6.45) is 1.13. The zero-order valence-corrected chi connectivity index (χ0v) is 6.75. The predicted molar refractivity (Wildman–Crippen MR) is 40.5 cm³/mol. The largest absolute Gasteiger partial charge is 0.299 e. The molecule has 56 valence electrons. The quantitative estimate of drug-likeness (QED) is 0.434. The second-order valence-electron chi connectivity index (χ2n) is 2.53. The molecule has 1 aliphatic carbocycles. The van der Waals surface area contributed by atoms with Crippen LogP contribution in [0.3, 0.4) is 0 Å². The third kappa shape index (κ3) is 1.86. The molecule has 0 aromatic rings. The van der Waals surface area contributed by atoms with Gasteiger partial charge in [-0.3, -0.25) is 14.7 Å². The van der Waals surface area contributed by atoms with Crippen molar-refractivity contribution in [3.63, 3.8) is 0 Å². The van der Waals surface area contributed by atoms with Crippen LogP contribution in [-0.4, -0.2) is 17.6 Å². The van der Waals surface area contributed by atoms with E-state index in [1.807, 2.05) is 0 Å². The Morgan fingerprint density at radius 1 is 1.30 bits per heavy atom. The molecule has 3 nitrogen and oxygen atoms in total. The first-order valence-corrected chi connectivity index (χ1v) is 3.79. The summed E-state index contributed by atoms with van der Waals surface area (Å²) in [5, 5.41) is 2.84. The van der Waals surface area contributed by atoms with Gasteiger partial charge in [0.1, 0.15) is 11.6 Å². The summed E-state index contributed by atoms with van der Waals surface area (Å²) in [5.41, 5.74) is 0. The maximum Gasteiger partial charge on any atom is 0.141 e. The van der Waals surface area contributed by atoms with Crippen molar-refractivity contribution in [3.05, 3.63) is 0 Å². The molecule has 10 heavy (non-hydrogen) atoms. The fraction of sp³-hybridized carbons (Fsp3) is 0.667. The van der Waals surface area contributed by atoms with E-state index in [-0.39, 0.29) is 24.0 Å². The van der Waals surface area contributed by atoms with Crippen LogP contribution in [0.2, 0.25) is 0 Å². The number of hydrogen-bond acceptors (Lipinski definition) is 3. The van der Waals surface area contributed by atoms with Gasteiger partial charge >= 0.3 is 0 Å². The van der Waals surface area contributed by atoms with E-state index in [4.69, 9.17) is 0 Å². The summed E-state index contributed by atoms with van der Waals surface area (Å²) >= 11 is 0. The molecule has 1 fully saturated rings. The van der Waals surface area contributed by atoms with Gasteiger partial charge in [-0.1, -0.05) is 9.39 Å². The van der Waals surface area contributed by atoms with Crippen molar-refractivity contribution < 1.29 is 9.59 Å². The van der Waals surface area contributed by atoms with Crippen molar-refractivity contribution in [2.45, 2.75) is 25.3 Å². The fourth-order valence-electron chi connectivity index (χ4n) is 1.10. The van der Waals surface area contributed by atoms with E-state index in [1.54, 1.807) is 0 Å². The topological polar surface area (TPSA) is 46.2 Å². The molecule has 1 saturated carbocycles. The predicted octanol–water partition coefficient (Wildman–Crippen LogP) is 0.0568. The van der Waals surface area contributed by atoms with Crippen molar-refractivity contribution >= 4 is 21.0 Å². The van der Waals surface area contributed by atoms with Gasteiger partial charge in [0.05, 0.1) is 6.42 Å². The number of carbonyl (C=O) groups is 2. The Labute approximate surface area is 61.8 Å². The van der Waals surface area contributed by atoms with E-state index in [0.29, 0.717) is 12.8 Å². The summed E-state index contributed by atoms with van der Waals surface area (Å²) in [5.74, 6) is 0.104. The van der Waals surface area contributed by atoms with E-state index >= 15 is 0 Å². The first kappa shape index (κ1) is 7.83. The van der Waals surface area contributed by atoms with Crippen LogP contribution in [0.4, 0.5) is 0 Å². The number of hydrogen-bond donors (Lipinski definition) is 1. The van der Waals surface area contributed by atoms with E-state index in [2.05, 4.69) is 14.5 Å². The Balaban J connectivity index is 2.50. The lowest BCUT2D eigenvalue weighted by molar-refractivity contribution is -0.130. The van der Waals surface area contributed by atoms with E-state index in [1.165, 1.54) is 0 Å². The van der Waals surface area contributed by atoms with Gasteiger partial charge in [-0.05, 0) is 0 Å². The number of Topliss-reactive ketones (excluding diaryl/α,β-unsaturated/α-hetero) is 2. The molecule has 0 heterocycles.